The zero-order chi connectivity index (χ0) is 21.1. The van der Waals surface area contributed by atoms with Crippen molar-refractivity contribution in [2.24, 2.45) is 0 Å². The van der Waals surface area contributed by atoms with Gasteiger partial charge in [-0.1, -0.05) is 42.1 Å². The Morgan fingerprint density at radius 3 is 2.47 bits per heavy atom. The number of methoxy groups -OCH3 is 1. The molecule has 0 atom stereocenters. The van der Waals surface area contributed by atoms with Crippen LogP contribution >= 0.6 is 0 Å². The van der Waals surface area contributed by atoms with E-state index in [0.717, 1.165) is 54.5 Å². The maximum atomic E-state index is 13.2. The molecule has 1 amide bonds. The number of hydrogen-bond acceptors (Lipinski definition) is 5. The lowest BCUT2D eigenvalue weighted by molar-refractivity contribution is 0.0824. The lowest BCUT2D eigenvalue weighted by Gasteiger charge is -2.34. The van der Waals surface area contributed by atoms with Gasteiger partial charge in [0.15, 0.2) is 0 Å². The van der Waals surface area contributed by atoms with E-state index in [2.05, 4.69) is 15.5 Å². The van der Waals surface area contributed by atoms with Crippen LogP contribution in [0.15, 0.2) is 47.0 Å². The van der Waals surface area contributed by atoms with Crippen LogP contribution in [0.1, 0.15) is 59.5 Å². The Hall–Kier alpha value is -3.15. The highest BCUT2D eigenvalue weighted by molar-refractivity contribution is 5.96. The molecule has 1 N–H and O–H groups in total. The van der Waals surface area contributed by atoms with Crippen LogP contribution in [0.4, 0.5) is 0 Å². The molecular formula is C24H27N3O3. The summed E-state index contributed by atoms with van der Waals surface area (Å²) in [6, 6.07) is 13.4. The van der Waals surface area contributed by atoms with E-state index in [4.69, 9.17) is 9.26 Å². The van der Waals surface area contributed by atoms with E-state index in [-0.39, 0.29) is 5.91 Å². The molecule has 0 spiro atoms. The second-order valence-corrected chi connectivity index (χ2v) is 8.07. The van der Waals surface area contributed by atoms with Gasteiger partial charge in [0.2, 0.25) is 5.82 Å². The zero-order valence-electron chi connectivity index (χ0n) is 17.7. The minimum atomic E-state index is -0.635. The highest BCUT2D eigenvalue weighted by Gasteiger charge is 2.41. The number of ether oxygens (including phenoxy) is 1. The molecule has 1 saturated carbocycles. The summed E-state index contributed by atoms with van der Waals surface area (Å²) in [6.45, 7) is 3.99. The van der Waals surface area contributed by atoms with Crippen molar-refractivity contribution in [2.75, 3.05) is 7.11 Å². The number of carbonyl (C=O) groups excluding carboxylic acids is 1. The number of rotatable bonds is 5. The zero-order valence-corrected chi connectivity index (χ0v) is 17.7. The fraction of sp³-hybridized carbons (Fsp3) is 0.375. The quantitative estimate of drug-likeness (QED) is 0.650. The van der Waals surface area contributed by atoms with Gasteiger partial charge in [-0.05, 0) is 62.6 Å². The summed E-state index contributed by atoms with van der Waals surface area (Å²) in [5.41, 5.74) is 2.99. The molecule has 6 nitrogen and oxygen atoms in total. The number of benzene rings is 2. The van der Waals surface area contributed by atoms with Crippen LogP contribution in [0.2, 0.25) is 0 Å². The molecule has 156 valence electrons. The Kier molecular flexibility index (Phi) is 5.57. The third kappa shape index (κ3) is 3.95. The number of aromatic nitrogens is 2. The topological polar surface area (TPSA) is 77.3 Å². The number of amides is 1. The first kappa shape index (κ1) is 20.1. The van der Waals surface area contributed by atoms with E-state index in [1.807, 2.05) is 56.3 Å². The first-order valence-electron chi connectivity index (χ1n) is 10.4. The third-order valence-electron chi connectivity index (χ3n) is 5.87. The maximum Gasteiger partial charge on any atom is 0.252 e. The number of carbonyl (C=O) groups is 1. The van der Waals surface area contributed by atoms with E-state index in [9.17, 15) is 4.79 Å². The van der Waals surface area contributed by atoms with Gasteiger partial charge in [0, 0.05) is 11.1 Å². The summed E-state index contributed by atoms with van der Waals surface area (Å²) in [7, 11) is 1.63. The van der Waals surface area contributed by atoms with Gasteiger partial charge in [0.25, 0.3) is 11.8 Å². The van der Waals surface area contributed by atoms with Crippen molar-refractivity contribution in [3.63, 3.8) is 0 Å². The lowest BCUT2D eigenvalue weighted by atomic mass is 9.81. The van der Waals surface area contributed by atoms with Crippen LogP contribution in [-0.4, -0.2) is 23.2 Å². The molecule has 0 saturated heterocycles. The predicted octanol–water partition coefficient (Wildman–Crippen LogP) is 4.95. The Labute approximate surface area is 176 Å². The standard InChI is InChI=1S/C24H27N3O3/c1-16-7-12-20(17(2)15-16)22(28)26-24(13-5-4-6-14-24)23-25-21(27-30-23)18-8-10-19(29-3)11-9-18/h7-12,15H,4-6,13-14H2,1-3H3,(H,26,28). The molecule has 1 aliphatic rings. The minimum absolute atomic E-state index is 0.0985. The molecule has 1 heterocycles. The fourth-order valence-corrected chi connectivity index (χ4v) is 4.18. The number of nitrogens with zero attached hydrogens (tertiary/aromatic N) is 2. The van der Waals surface area contributed by atoms with Crippen molar-refractivity contribution < 1.29 is 14.1 Å². The largest absolute Gasteiger partial charge is 0.497 e. The van der Waals surface area contributed by atoms with Crippen molar-refractivity contribution in [2.45, 2.75) is 51.5 Å². The Morgan fingerprint density at radius 2 is 1.80 bits per heavy atom. The molecule has 1 aromatic heterocycles. The van der Waals surface area contributed by atoms with Crippen LogP contribution in [0.3, 0.4) is 0 Å². The van der Waals surface area contributed by atoms with E-state index < -0.39 is 5.54 Å². The summed E-state index contributed by atoms with van der Waals surface area (Å²) >= 11 is 0. The van der Waals surface area contributed by atoms with Crippen LogP contribution < -0.4 is 10.1 Å². The maximum absolute atomic E-state index is 13.2. The molecule has 0 bridgehead atoms. The molecule has 3 aromatic rings. The van der Waals surface area contributed by atoms with Crippen molar-refractivity contribution in [1.82, 2.24) is 15.5 Å². The smallest absolute Gasteiger partial charge is 0.252 e. The molecule has 6 heteroatoms. The van der Waals surface area contributed by atoms with E-state index in [0.29, 0.717) is 17.3 Å². The molecule has 4 rings (SSSR count). The summed E-state index contributed by atoms with van der Waals surface area (Å²) in [4.78, 5) is 17.8. The SMILES string of the molecule is COc1ccc(-c2noc(C3(NC(=O)c4ccc(C)cc4C)CCCCC3)n2)cc1. The normalized spacial score (nSPS) is 15.6. The van der Waals surface area contributed by atoms with Crippen LogP contribution in [0.5, 0.6) is 5.75 Å². The molecule has 2 aromatic carbocycles. The average molecular weight is 405 g/mol. The Morgan fingerprint density at radius 1 is 1.07 bits per heavy atom. The highest BCUT2D eigenvalue weighted by atomic mass is 16.5. The number of aryl methyl sites for hydroxylation is 2. The van der Waals surface area contributed by atoms with E-state index in [1.165, 1.54) is 0 Å². The molecular weight excluding hydrogens is 378 g/mol. The summed E-state index contributed by atoms with van der Waals surface area (Å²) in [6.07, 6.45) is 4.73. The Bertz CT molecular complexity index is 1030. The number of hydrogen-bond donors (Lipinski definition) is 1. The third-order valence-corrected chi connectivity index (χ3v) is 5.87. The average Bonchev–Trinajstić information content (AvgIpc) is 3.25. The van der Waals surface area contributed by atoms with Gasteiger partial charge < -0.3 is 14.6 Å². The Balaban J connectivity index is 1.63. The van der Waals surface area contributed by atoms with Gasteiger partial charge in [-0.3, -0.25) is 4.79 Å². The van der Waals surface area contributed by atoms with Crippen LogP contribution in [0, 0.1) is 13.8 Å². The predicted molar refractivity (Wildman–Crippen MR) is 114 cm³/mol. The minimum Gasteiger partial charge on any atom is -0.497 e. The summed E-state index contributed by atoms with van der Waals surface area (Å²) < 4.78 is 10.9. The lowest BCUT2D eigenvalue weighted by Crippen LogP contribution is -2.47. The van der Waals surface area contributed by atoms with Gasteiger partial charge in [-0.15, -0.1) is 0 Å². The first-order chi connectivity index (χ1) is 14.5. The number of nitrogens with one attached hydrogen (secondary N) is 1. The van der Waals surface area contributed by atoms with Gasteiger partial charge in [-0.25, -0.2) is 0 Å². The van der Waals surface area contributed by atoms with Gasteiger partial charge in [0.05, 0.1) is 7.11 Å². The van der Waals surface area contributed by atoms with Crippen molar-refractivity contribution in [1.29, 1.82) is 0 Å². The van der Waals surface area contributed by atoms with Crippen molar-refractivity contribution in [3.05, 3.63) is 65.0 Å². The molecule has 30 heavy (non-hydrogen) atoms. The molecule has 0 radical (unpaired) electrons. The van der Waals surface area contributed by atoms with Gasteiger partial charge in [0.1, 0.15) is 11.3 Å². The van der Waals surface area contributed by atoms with E-state index >= 15 is 0 Å². The fourth-order valence-electron chi connectivity index (χ4n) is 4.18. The van der Waals surface area contributed by atoms with Gasteiger partial charge in [-0.2, -0.15) is 4.98 Å². The second-order valence-electron chi connectivity index (χ2n) is 8.07. The van der Waals surface area contributed by atoms with Gasteiger partial charge >= 0.3 is 0 Å². The summed E-state index contributed by atoms with van der Waals surface area (Å²) in [5.74, 6) is 1.66. The molecule has 0 aliphatic heterocycles. The first-order valence-corrected chi connectivity index (χ1v) is 10.4. The summed E-state index contributed by atoms with van der Waals surface area (Å²) in [5, 5.41) is 7.45. The molecule has 1 fully saturated rings. The van der Waals surface area contributed by atoms with Crippen LogP contribution in [-0.2, 0) is 5.54 Å². The van der Waals surface area contributed by atoms with E-state index in [1.54, 1.807) is 7.11 Å². The van der Waals surface area contributed by atoms with Crippen molar-refractivity contribution in [3.8, 4) is 17.1 Å². The molecule has 0 unspecified atom stereocenters. The highest BCUT2D eigenvalue weighted by Crippen LogP contribution is 2.37. The van der Waals surface area contributed by atoms with Crippen LogP contribution in [0.25, 0.3) is 11.4 Å². The molecule has 1 aliphatic carbocycles. The monoisotopic (exact) mass is 405 g/mol. The second kappa shape index (κ2) is 8.30. The van der Waals surface area contributed by atoms with Crippen molar-refractivity contribution >= 4 is 5.91 Å².